The van der Waals surface area contributed by atoms with Gasteiger partial charge in [-0.2, -0.15) is 0 Å². The molecule has 2 N–H and O–H groups in total. The molecule has 0 saturated carbocycles. The summed E-state index contributed by atoms with van der Waals surface area (Å²) < 4.78 is 0. The number of rotatable bonds is 5. The van der Waals surface area contributed by atoms with Gasteiger partial charge in [0.2, 0.25) is 5.91 Å². The average Bonchev–Trinajstić information content (AvgIpc) is 2.84. The van der Waals surface area contributed by atoms with Gasteiger partial charge in [0.1, 0.15) is 6.54 Å². The van der Waals surface area contributed by atoms with Gasteiger partial charge in [0.05, 0.1) is 6.54 Å². The van der Waals surface area contributed by atoms with Crippen LogP contribution in [0, 0.1) is 0 Å². The first-order valence-electron chi connectivity index (χ1n) is 6.40. The zero-order valence-electron chi connectivity index (χ0n) is 11.3. The molecule has 0 bridgehead atoms. The Labute approximate surface area is 128 Å². The first-order chi connectivity index (χ1) is 9.11. The number of nitrogens with zero attached hydrogens (tertiary/aromatic N) is 1. The minimum absolute atomic E-state index is 0. The first kappa shape index (κ1) is 16.9. The van der Waals surface area contributed by atoms with Crippen molar-refractivity contribution in [2.75, 3.05) is 19.6 Å². The highest BCUT2D eigenvalue weighted by molar-refractivity contribution is 7.10. The van der Waals surface area contributed by atoms with E-state index in [1.54, 1.807) is 11.3 Å². The third-order valence-corrected chi connectivity index (χ3v) is 4.37. The van der Waals surface area contributed by atoms with Crippen molar-refractivity contribution >= 4 is 35.6 Å². The summed E-state index contributed by atoms with van der Waals surface area (Å²) in [7, 11) is 0. The van der Waals surface area contributed by atoms with E-state index in [1.165, 1.54) is 10.4 Å². The van der Waals surface area contributed by atoms with Crippen LogP contribution in [0.4, 0.5) is 0 Å². The van der Waals surface area contributed by atoms with Gasteiger partial charge in [0, 0.05) is 17.5 Å². The minimum atomic E-state index is -1.01. The Morgan fingerprint density at radius 2 is 2.30 bits per heavy atom. The van der Waals surface area contributed by atoms with Crippen LogP contribution in [0.5, 0.6) is 0 Å². The molecule has 112 valence electrons. The largest absolute Gasteiger partial charge is 0.480 e. The summed E-state index contributed by atoms with van der Waals surface area (Å²) in [6, 6.07) is 2.40. The highest BCUT2D eigenvalue weighted by Gasteiger charge is 2.28. The average molecular weight is 319 g/mol. The van der Waals surface area contributed by atoms with Crippen molar-refractivity contribution in [3.05, 3.63) is 21.9 Å². The van der Waals surface area contributed by atoms with Crippen LogP contribution in [-0.2, 0) is 16.0 Å². The van der Waals surface area contributed by atoms with Crippen LogP contribution in [0.15, 0.2) is 11.4 Å². The van der Waals surface area contributed by atoms with Crippen molar-refractivity contribution in [1.29, 1.82) is 0 Å². The minimum Gasteiger partial charge on any atom is -0.480 e. The summed E-state index contributed by atoms with van der Waals surface area (Å²) in [5.74, 6) is -1.24. The molecule has 0 aliphatic carbocycles. The number of halogens is 1. The molecule has 20 heavy (non-hydrogen) atoms. The number of fused-ring (bicyclic) bond motifs is 1. The van der Waals surface area contributed by atoms with Gasteiger partial charge in [-0.25, -0.2) is 0 Å². The Morgan fingerprint density at radius 3 is 2.95 bits per heavy atom. The molecule has 2 rings (SSSR count). The smallest absolute Gasteiger partial charge is 0.322 e. The maximum Gasteiger partial charge on any atom is 0.322 e. The van der Waals surface area contributed by atoms with E-state index in [9.17, 15) is 9.59 Å². The SMILES string of the molecule is CCC1c2ccsc2CCN1CC(=O)NCC(=O)O.Cl. The molecule has 1 unspecified atom stereocenters. The highest BCUT2D eigenvalue weighted by Crippen LogP contribution is 2.34. The molecule has 0 fully saturated rings. The van der Waals surface area contributed by atoms with E-state index in [2.05, 4.69) is 28.6 Å². The second kappa shape index (κ2) is 7.61. The Balaban J connectivity index is 0.00000200. The van der Waals surface area contributed by atoms with E-state index in [0.717, 1.165) is 19.4 Å². The summed E-state index contributed by atoms with van der Waals surface area (Å²) in [4.78, 5) is 25.7. The zero-order chi connectivity index (χ0) is 13.8. The number of carbonyl (C=O) groups excluding carboxylic acids is 1. The van der Waals surface area contributed by atoms with Crippen molar-refractivity contribution in [1.82, 2.24) is 10.2 Å². The number of hydrogen-bond acceptors (Lipinski definition) is 4. The fraction of sp³-hybridized carbons (Fsp3) is 0.538. The van der Waals surface area contributed by atoms with Crippen LogP contribution < -0.4 is 5.32 Å². The van der Waals surface area contributed by atoms with Crippen LogP contribution >= 0.6 is 23.7 Å². The molecule has 0 radical (unpaired) electrons. The third kappa shape index (κ3) is 3.94. The van der Waals surface area contributed by atoms with Gasteiger partial charge in [-0.15, -0.1) is 23.7 Å². The molecule has 1 amide bonds. The molecule has 1 aromatic rings. The number of hydrogen-bond donors (Lipinski definition) is 2. The number of carboxylic acid groups (broad SMARTS) is 1. The molecule has 0 spiro atoms. The molecular weight excluding hydrogens is 300 g/mol. The van der Waals surface area contributed by atoms with Crippen LogP contribution in [-0.4, -0.2) is 41.5 Å². The van der Waals surface area contributed by atoms with Gasteiger partial charge >= 0.3 is 5.97 Å². The highest BCUT2D eigenvalue weighted by atomic mass is 35.5. The molecular formula is C13H19ClN2O3S. The van der Waals surface area contributed by atoms with Crippen LogP contribution in [0.1, 0.15) is 29.8 Å². The summed E-state index contributed by atoms with van der Waals surface area (Å²) in [5, 5.41) is 13.1. The number of thiophene rings is 1. The second-order valence-electron chi connectivity index (χ2n) is 4.61. The Morgan fingerprint density at radius 1 is 1.55 bits per heavy atom. The molecule has 5 nitrogen and oxygen atoms in total. The van der Waals surface area contributed by atoms with Crippen molar-refractivity contribution < 1.29 is 14.7 Å². The van der Waals surface area contributed by atoms with E-state index in [1.807, 2.05) is 0 Å². The zero-order valence-corrected chi connectivity index (χ0v) is 12.9. The lowest BCUT2D eigenvalue weighted by atomic mass is 9.98. The van der Waals surface area contributed by atoms with E-state index in [4.69, 9.17) is 5.11 Å². The summed E-state index contributed by atoms with van der Waals surface area (Å²) in [6.45, 7) is 2.92. The number of aliphatic carboxylic acids is 1. The monoisotopic (exact) mass is 318 g/mol. The van der Waals surface area contributed by atoms with E-state index < -0.39 is 5.97 Å². The van der Waals surface area contributed by atoms with Gasteiger partial charge in [-0.05, 0) is 29.9 Å². The van der Waals surface area contributed by atoms with Gasteiger partial charge in [0.15, 0.2) is 0 Å². The molecule has 1 aliphatic heterocycles. The lowest BCUT2D eigenvalue weighted by Gasteiger charge is -2.34. The van der Waals surface area contributed by atoms with E-state index in [0.29, 0.717) is 0 Å². The molecule has 7 heteroatoms. The molecule has 2 heterocycles. The third-order valence-electron chi connectivity index (χ3n) is 3.38. The summed E-state index contributed by atoms with van der Waals surface area (Å²) in [6.07, 6.45) is 1.92. The summed E-state index contributed by atoms with van der Waals surface area (Å²) in [5.41, 5.74) is 1.32. The topological polar surface area (TPSA) is 69.6 Å². The quantitative estimate of drug-likeness (QED) is 0.866. The molecule has 0 aromatic carbocycles. The number of carboxylic acids is 1. The van der Waals surface area contributed by atoms with Crippen LogP contribution in [0.25, 0.3) is 0 Å². The van der Waals surface area contributed by atoms with Gasteiger partial charge in [-0.1, -0.05) is 6.92 Å². The van der Waals surface area contributed by atoms with Crippen LogP contribution in [0.3, 0.4) is 0 Å². The summed E-state index contributed by atoms with van der Waals surface area (Å²) >= 11 is 1.77. The Hall–Kier alpha value is -1.11. The fourth-order valence-corrected chi connectivity index (χ4v) is 3.46. The van der Waals surface area contributed by atoms with E-state index >= 15 is 0 Å². The van der Waals surface area contributed by atoms with Crippen molar-refractivity contribution in [2.45, 2.75) is 25.8 Å². The second-order valence-corrected chi connectivity index (χ2v) is 5.61. The fourth-order valence-electron chi connectivity index (χ4n) is 2.53. The molecule has 0 saturated heterocycles. The predicted octanol–water partition coefficient (Wildman–Crippen LogP) is 1.68. The Kier molecular flexibility index (Phi) is 6.45. The van der Waals surface area contributed by atoms with Crippen molar-refractivity contribution in [3.8, 4) is 0 Å². The van der Waals surface area contributed by atoms with Crippen LogP contribution in [0.2, 0.25) is 0 Å². The van der Waals surface area contributed by atoms with Crippen molar-refractivity contribution in [3.63, 3.8) is 0 Å². The number of carbonyl (C=O) groups is 2. The lowest BCUT2D eigenvalue weighted by molar-refractivity contribution is -0.138. The predicted molar refractivity (Wildman–Crippen MR) is 80.5 cm³/mol. The van der Waals surface area contributed by atoms with E-state index in [-0.39, 0.29) is 37.4 Å². The molecule has 1 atom stereocenters. The standard InChI is InChI=1S/C13H18N2O3S.ClH/c1-2-10-9-4-6-19-11(9)3-5-15(10)8-12(16)14-7-13(17)18;/h4,6,10H,2-3,5,7-8H2,1H3,(H,14,16)(H,17,18);1H. The van der Waals surface area contributed by atoms with Gasteiger partial charge < -0.3 is 10.4 Å². The maximum absolute atomic E-state index is 11.7. The lowest BCUT2D eigenvalue weighted by Crippen LogP contribution is -2.43. The maximum atomic E-state index is 11.7. The molecule has 1 aromatic heterocycles. The number of amides is 1. The van der Waals surface area contributed by atoms with Crippen molar-refractivity contribution in [2.24, 2.45) is 0 Å². The number of nitrogens with one attached hydrogen (secondary N) is 1. The Bertz CT molecular complexity index is 478. The molecule has 1 aliphatic rings. The normalized spacial score (nSPS) is 17.9. The van der Waals surface area contributed by atoms with Gasteiger partial charge in [0.25, 0.3) is 0 Å². The van der Waals surface area contributed by atoms with Gasteiger partial charge in [-0.3, -0.25) is 14.5 Å². The first-order valence-corrected chi connectivity index (χ1v) is 7.28.